The van der Waals surface area contributed by atoms with E-state index in [0.717, 1.165) is 5.69 Å². The molecule has 1 heterocycles. The SMILES string of the molecule is O=C(OCC(=O)N1CCN(c2ccc(F)cc2)CC1)c1cc(Cl)cc(Cl)c1. The standard InChI is InChI=1S/C19H17Cl2FN2O3/c20-14-9-13(10-15(21)11-14)19(26)27-12-18(25)24-7-5-23(6-8-24)17-3-1-16(22)2-4-17/h1-4,9-11H,5-8,12H2. The van der Waals surface area contributed by atoms with Gasteiger partial charge in [0.25, 0.3) is 5.91 Å². The minimum absolute atomic E-state index is 0.196. The van der Waals surface area contributed by atoms with Crippen LogP contribution in [0.25, 0.3) is 0 Å². The second-order valence-corrected chi connectivity index (χ2v) is 6.95. The quantitative estimate of drug-likeness (QED) is 0.721. The number of esters is 1. The fourth-order valence-electron chi connectivity index (χ4n) is 2.84. The first-order valence-corrected chi connectivity index (χ1v) is 9.09. The number of hydrogen-bond acceptors (Lipinski definition) is 4. The normalized spacial score (nSPS) is 14.2. The Morgan fingerprint density at radius 2 is 1.56 bits per heavy atom. The van der Waals surface area contributed by atoms with Gasteiger partial charge >= 0.3 is 5.97 Å². The first-order valence-electron chi connectivity index (χ1n) is 8.34. The molecule has 2 aromatic carbocycles. The summed E-state index contributed by atoms with van der Waals surface area (Å²) in [6, 6.07) is 10.6. The Hall–Kier alpha value is -2.31. The summed E-state index contributed by atoms with van der Waals surface area (Å²) >= 11 is 11.7. The van der Waals surface area contributed by atoms with Crippen molar-refractivity contribution in [2.24, 2.45) is 0 Å². The van der Waals surface area contributed by atoms with Crippen molar-refractivity contribution < 1.29 is 18.7 Å². The van der Waals surface area contributed by atoms with E-state index < -0.39 is 5.97 Å². The molecule has 1 aliphatic heterocycles. The molecule has 0 saturated carbocycles. The van der Waals surface area contributed by atoms with E-state index in [2.05, 4.69) is 4.90 Å². The molecule has 27 heavy (non-hydrogen) atoms. The maximum absolute atomic E-state index is 13.0. The molecule has 8 heteroatoms. The third-order valence-electron chi connectivity index (χ3n) is 4.25. The molecule has 0 N–H and O–H groups in total. The Bertz CT molecular complexity index is 817. The van der Waals surface area contributed by atoms with Crippen LogP contribution in [0.5, 0.6) is 0 Å². The van der Waals surface area contributed by atoms with Crippen LogP contribution in [-0.4, -0.2) is 49.6 Å². The topological polar surface area (TPSA) is 49.9 Å². The zero-order valence-corrected chi connectivity index (χ0v) is 15.8. The lowest BCUT2D eigenvalue weighted by Crippen LogP contribution is -2.49. The van der Waals surface area contributed by atoms with Crippen molar-refractivity contribution in [1.29, 1.82) is 0 Å². The van der Waals surface area contributed by atoms with Gasteiger partial charge in [0.2, 0.25) is 0 Å². The number of halogens is 3. The molecular formula is C19H17Cl2FN2O3. The van der Waals surface area contributed by atoms with E-state index in [1.165, 1.54) is 30.3 Å². The molecule has 142 valence electrons. The van der Waals surface area contributed by atoms with E-state index in [0.29, 0.717) is 36.2 Å². The van der Waals surface area contributed by atoms with Gasteiger partial charge in [-0.3, -0.25) is 4.79 Å². The molecule has 0 bridgehead atoms. The van der Waals surface area contributed by atoms with Crippen molar-refractivity contribution in [3.8, 4) is 0 Å². The van der Waals surface area contributed by atoms with Crippen LogP contribution in [0.2, 0.25) is 10.0 Å². The van der Waals surface area contributed by atoms with E-state index in [1.807, 2.05) is 0 Å². The van der Waals surface area contributed by atoms with Crippen LogP contribution in [0.3, 0.4) is 0 Å². The number of benzene rings is 2. The second kappa shape index (κ2) is 8.59. The average molecular weight is 411 g/mol. The van der Waals surface area contributed by atoms with Crippen molar-refractivity contribution in [1.82, 2.24) is 4.90 Å². The van der Waals surface area contributed by atoms with Gasteiger partial charge in [0.15, 0.2) is 6.61 Å². The van der Waals surface area contributed by atoms with Crippen molar-refractivity contribution in [2.75, 3.05) is 37.7 Å². The second-order valence-electron chi connectivity index (χ2n) is 6.08. The van der Waals surface area contributed by atoms with Crippen LogP contribution in [0.1, 0.15) is 10.4 Å². The molecule has 0 spiro atoms. The minimum Gasteiger partial charge on any atom is -0.452 e. The minimum atomic E-state index is -0.655. The van der Waals surface area contributed by atoms with Gasteiger partial charge in [-0.05, 0) is 42.5 Å². The lowest BCUT2D eigenvalue weighted by Gasteiger charge is -2.36. The van der Waals surface area contributed by atoms with E-state index in [1.54, 1.807) is 17.0 Å². The van der Waals surface area contributed by atoms with E-state index in [9.17, 15) is 14.0 Å². The van der Waals surface area contributed by atoms with Crippen molar-refractivity contribution >= 4 is 40.8 Å². The summed E-state index contributed by atoms with van der Waals surface area (Å²) in [5, 5.41) is 0.635. The van der Waals surface area contributed by atoms with Crippen LogP contribution >= 0.6 is 23.2 Å². The third-order valence-corrected chi connectivity index (χ3v) is 4.69. The molecule has 1 amide bonds. The molecule has 0 radical (unpaired) electrons. The van der Waals surface area contributed by atoms with Crippen molar-refractivity contribution in [2.45, 2.75) is 0 Å². The maximum atomic E-state index is 13.0. The summed E-state index contributed by atoms with van der Waals surface area (Å²) < 4.78 is 18.1. The fraction of sp³-hybridized carbons (Fsp3) is 0.263. The lowest BCUT2D eigenvalue weighted by molar-refractivity contribution is -0.134. The first kappa shape index (κ1) is 19.5. The zero-order chi connectivity index (χ0) is 19.4. The smallest absolute Gasteiger partial charge is 0.338 e. The Balaban J connectivity index is 1.49. The summed E-state index contributed by atoms with van der Waals surface area (Å²) in [5.41, 5.74) is 1.11. The van der Waals surface area contributed by atoms with Crippen LogP contribution in [0.4, 0.5) is 10.1 Å². The highest BCUT2D eigenvalue weighted by atomic mass is 35.5. The molecular weight excluding hydrogens is 394 g/mol. The zero-order valence-electron chi connectivity index (χ0n) is 14.3. The summed E-state index contributed by atoms with van der Waals surface area (Å²) in [4.78, 5) is 28.0. The van der Waals surface area contributed by atoms with E-state index in [-0.39, 0.29) is 23.9 Å². The molecule has 1 saturated heterocycles. The van der Waals surface area contributed by atoms with Gasteiger partial charge in [-0.1, -0.05) is 23.2 Å². The van der Waals surface area contributed by atoms with Gasteiger partial charge in [0.05, 0.1) is 5.56 Å². The Morgan fingerprint density at radius 3 is 2.15 bits per heavy atom. The Morgan fingerprint density at radius 1 is 0.963 bits per heavy atom. The molecule has 0 atom stereocenters. The number of hydrogen-bond donors (Lipinski definition) is 0. The fourth-order valence-corrected chi connectivity index (χ4v) is 3.37. The molecule has 1 aliphatic rings. The largest absolute Gasteiger partial charge is 0.452 e. The number of amides is 1. The summed E-state index contributed by atoms with van der Waals surface area (Å²) in [5.74, 6) is -1.21. The van der Waals surface area contributed by atoms with E-state index >= 15 is 0 Å². The molecule has 0 aliphatic carbocycles. The van der Waals surface area contributed by atoms with Gasteiger partial charge in [-0.25, -0.2) is 9.18 Å². The van der Waals surface area contributed by atoms with Crippen molar-refractivity contribution in [3.63, 3.8) is 0 Å². The first-order chi connectivity index (χ1) is 12.9. The van der Waals surface area contributed by atoms with E-state index in [4.69, 9.17) is 27.9 Å². The summed E-state index contributed by atoms with van der Waals surface area (Å²) in [7, 11) is 0. The number of ether oxygens (including phenoxy) is 1. The van der Waals surface area contributed by atoms with Gasteiger partial charge in [-0.2, -0.15) is 0 Å². The Kier molecular flexibility index (Phi) is 6.19. The highest BCUT2D eigenvalue weighted by Crippen LogP contribution is 2.20. The monoisotopic (exact) mass is 410 g/mol. The van der Waals surface area contributed by atoms with Crippen LogP contribution in [0.15, 0.2) is 42.5 Å². The third kappa shape index (κ3) is 5.11. The Labute approximate surface area is 166 Å². The highest BCUT2D eigenvalue weighted by Gasteiger charge is 2.22. The predicted molar refractivity (Wildman–Crippen MR) is 102 cm³/mol. The molecule has 2 aromatic rings. The number of rotatable bonds is 4. The number of carbonyl (C=O) groups excluding carboxylic acids is 2. The molecule has 0 aromatic heterocycles. The van der Waals surface area contributed by atoms with Crippen LogP contribution in [-0.2, 0) is 9.53 Å². The molecule has 5 nitrogen and oxygen atoms in total. The summed E-state index contributed by atoms with van der Waals surface area (Å²) in [6.07, 6.45) is 0. The molecule has 1 fully saturated rings. The average Bonchev–Trinajstić information content (AvgIpc) is 2.66. The molecule has 0 unspecified atom stereocenters. The number of anilines is 1. The van der Waals surface area contributed by atoms with Crippen LogP contribution < -0.4 is 4.90 Å². The maximum Gasteiger partial charge on any atom is 0.338 e. The van der Waals surface area contributed by atoms with Gasteiger partial charge in [0, 0.05) is 41.9 Å². The van der Waals surface area contributed by atoms with Gasteiger partial charge < -0.3 is 14.5 Å². The van der Waals surface area contributed by atoms with Crippen molar-refractivity contribution in [3.05, 3.63) is 63.9 Å². The predicted octanol–water partition coefficient (Wildman–Crippen LogP) is 3.64. The number of piperazine rings is 1. The van der Waals surface area contributed by atoms with Crippen LogP contribution in [0, 0.1) is 5.82 Å². The number of carbonyl (C=O) groups is 2. The highest BCUT2D eigenvalue weighted by molar-refractivity contribution is 6.35. The number of nitrogens with zero attached hydrogens (tertiary/aromatic N) is 2. The molecule has 3 rings (SSSR count). The van der Waals surface area contributed by atoms with Gasteiger partial charge in [0.1, 0.15) is 5.82 Å². The summed E-state index contributed by atoms with van der Waals surface area (Å²) in [6.45, 7) is 1.89. The lowest BCUT2D eigenvalue weighted by atomic mass is 10.2. The van der Waals surface area contributed by atoms with Gasteiger partial charge in [-0.15, -0.1) is 0 Å².